The molecule has 0 bridgehead atoms. The third-order valence-electron chi connectivity index (χ3n) is 2.66. The van der Waals surface area contributed by atoms with Gasteiger partial charge < -0.3 is 5.32 Å². The summed E-state index contributed by atoms with van der Waals surface area (Å²) in [6, 6.07) is 11.3. The summed E-state index contributed by atoms with van der Waals surface area (Å²) in [6.45, 7) is 3.05. The molecule has 1 unspecified atom stereocenters. The number of benzene rings is 1. The van der Waals surface area contributed by atoms with Crippen molar-refractivity contribution in [3.63, 3.8) is 0 Å². The van der Waals surface area contributed by atoms with Crippen LogP contribution in [-0.2, 0) is 13.0 Å². The van der Waals surface area contributed by atoms with Crippen LogP contribution in [0.5, 0.6) is 0 Å². The number of nitrogens with one attached hydrogen (secondary N) is 1. The molecule has 1 atom stereocenters. The predicted molar refractivity (Wildman–Crippen MR) is 70.7 cm³/mol. The molecule has 0 amide bonds. The van der Waals surface area contributed by atoms with Crippen molar-refractivity contribution < 1.29 is 4.39 Å². The molecule has 0 radical (unpaired) electrons. The number of hydrogen-bond acceptors (Lipinski definition) is 2. The molecule has 3 heteroatoms. The Morgan fingerprint density at radius 1 is 1.24 bits per heavy atom. The summed E-state index contributed by atoms with van der Waals surface area (Å²) in [5.74, 6) is -0.173. The minimum absolute atomic E-state index is 0.173. The highest BCUT2D eigenvalue weighted by Gasteiger charge is 2.03. The first-order chi connectivity index (χ1) is 8.24. The van der Waals surface area contributed by atoms with Gasteiger partial charge in [0.2, 0.25) is 0 Å². The Bertz CT molecular complexity index is 436. The van der Waals surface area contributed by atoms with Crippen molar-refractivity contribution in [2.45, 2.75) is 25.9 Å². The van der Waals surface area contributed by atoms with Gasteiger partial charge in [-0.15, -0.1) is 11.3 Å². The highest BCUT2D eigenvalue weighted by Crippen LogP contribution is 2.09. The highest BCUT2D eigenvalue weighted by molar-refractivity contribution is 7.09. The molecule has 0 saturated carbocycles. The van der Waals surface area contributed by atoms with Crippen LogP contribution in [0.1, 0.15) is 17.4 Å². The van der Waals surface area contributed by atoms with Gasteiger partial charge in [0.15, 0.2) is 0 Å². The second-order valence-electron chi connectivity index (χ2n) is 4.19. The van der Waals surface area contributed by atoms with E-state index in [2.05, 4.69) is 29.8 Å². The molecule has 2 rings (SSSR count). The largest absolute Gasteiger partial charge is 0.309 e. The van der Waals surface area contributed by atoms with Gasteiger partial charge in [-0.25, -0.2) is 4.39 Å². The van der Waals surface area contributed by atoms with Crippen LogP contribution in [0.15, 0.2) is 41.8 Å². The van der Waals surface area contributed by atoms with E-state index in [1.807, 2.05) is 12.1 Å². The van der Waals surface area contributed by atoms with Crippen molar-refractivity contribution in [3.05, 3.63) is 58.0 Å². The Labute approximate surface area is 105 Å². The van der Waals surface area contributed by atoms with Gasteiger partial charge in [-0.2, -0.15) is 0 Å². The lowest BCUT2D eigenvalue weighted by Gasteiger charge is -2.13. The van der Waals surface area contributed by atoms with Crippen LogP contribution >= 0.6 is 11.3 Å². The van der Waals surface area contributed by atoms with E-state index in [1.165, 1.54) is 17.0 Å². The lowest BCUT2D eigenvalue weighted by atomic mass is 10.1. The van der Waals surface area contributed by atoms with E-state index < -0.39 is 0 Å². The zero-order valence-electron chi connectivity index (χ0n) is 9.82. The maximum atomic E-state index is 12.7. The molecular formula is C14H16FNS. The molecule has 0 aliphatic rings. The number of thiophene rings is 1. The van der Waals surface area contributed by atoms with E-state index in [0.717, 1.165) is 18.5 Å². The first-order valence-corrected chi connectivity index (χ1v) is 6.62. The Hall–Kier alpha value is -1.19. The van der Waals surface area contributed by atoms with E-state index in [1.54, 1.807) is 11.3 Å². The van der Waals surface area contributed by atoms with Gasteiger partial charge >= 0.3 is 0 Å². The minimum Gasteiger partial charge on any atom is -0.309 e. The van der Waals surface area contributed by atoms with Crippen molar-refractivity contribution in [1.29, 1.82) is 0 Å². The molecule has 0 spiro atoms. The maximum absolute atomic E-state index is 12.7. The third kappa shape index (κ3) is 3.95. The first kappa shape index (κ1) is 12.3. The highest BCUT2D eigenvalue weighted by atomic mass is 32.1. The van der Waals surface area contributed by atoms with Crippen molar-refractivity contribution in [2.24, 2.45) is 0 Å². The summed E-state index contributed by atoms with van der Waals surface area (Å²) >= 11 is 1.76. The lowest BCUT2D eigenvalue weighted by Crippen LogP contribution is -2.27. The van der Waals surface area contributed by atoms with Crippen molar-refractivity contribution in [2.75, 3.05) is 0 Å². The number of rotatable bonds is 5. The summed E-state index contributed by atoms with van der Waals surface area (Å²) in [5.41, 5.74) is 1.16. The SMILES string of the molecule is CC(Cc1ccc(F)cc1)NCc1cccs1. The van der Waals surface area contributed by atoms with Gasteiger partial charge in [0, 0.05) is 17.5 Å². The summed E-state index contributed by atoms with van der Waals surface area (Å²) in [6.07, 6.45) is 0.922. The molecule has 90 valence electrons. The molecule has 17 heavy (non-hydrogen) atoms. The molecule has 2 aromatic rings. The van der Waals surface area contributed by atoms with E-state index in [4.69, 9.17) is 0 Å². The topological polar surface area (TPSA) is 12.0 Å². The average Bonchev–Trinajstić information content (AvgIpc) is 2.83. The summed E-state index contributed by atoms with van der Waals surface area (Å²) in [4.78, 5) is 1.34. The van der Waals surface area contributed by atoms with E-state index in [0.29, 0.717) is 6.04 Å². The second kappa shape index (κ2) is 5.94. The molecule has 1 nitrogen and oxygen atoms in total. The zero-order valence-corrected chi connectivity index (χ0v) is 10.6. The normalized spacial score (nSPS) is 12.6. The summed E-state index contributed by atoms with van der Waals surface area (Å²) < 4.78 is 12.7. The van der Waals surface area contributed by atoms with Crippen molar-refractivity contribution in [1.82, 2.24) is 5.32 Å². The number of halogens is 1. The van der Waals surface area contributed by atoms with E-state index >= 15 is 0 Å². The standard InChI is InChI=1S/C14H16FNS/c1-11(16-10-14-3-2-8-17-14)9-12-4-6-13(15)7-5-12/h2-8,11,16H,9-10H2,1H3. The molecule has 0 saturated heterocycles. The molecule has 0 aliphatic heterocycles. The summed E-state index contributed by atoms with van der Waals surface area (Å²) in [5, 5.41) is 5.55. The lowest BCUT2D eigenvalue weighted by molar-refractivity contribution is 0.548. The molecule has 1 aromatic heterocycles. The van der Waals surface area contributed by atoms with E-state index in [-0.39, 0.29) is 5.82 Å². The second-order valence-corrected chi connectivity index (χ2v) is 5.22. The fourth-order valence-corrected chi connectivity index (χ4v) is 2.39. The fourth-order valence-electron chi connectivity index (χ4n) is 1.73. The van der Waals surface area contributed by atoms with Crippen LogP contribution in [0, 0.1) is 5.82 Å². The third-order valence-corrected chi connectivity index (χ3v) is 3.54. The van der Waals surface area contributed by atoms with Crippen molar-refractivity contribution >= 4 is 11.3 Å². The van der Waals surface area contributed by atoms with Crippen LogP contribution in [0.2, 0.25) is 0 Å². The molecule has 1 aromatic carbocycles. The average molecular weight is 249 g/mol. The first-order valence-electron chi connectivity index (χ1n) is 5.74. The maximum Gasteiger partial charge on any atom is 0.123 e. The van der Waals surface area contributed by atoms with Crippen LogP contribution in [0.25, 0.3) is 0 Å². The van der Waals surface area contributed by atoms with Crippen LogP contribution in [-0.4, -0.2) is 6.04 Å². The van der Waals surface area contributed by atoms with Gasteiger partial charge in [0.25, 0.3) is 0 Å². The summed E-state index contributed by atoms with van der Waals surface area (Å²) in [7, 11) is 0. The smallest absolute Gasteiger partial charge is 0.123 e. The van der Waals surface area contributed by atoms with E-state index in [9.17, 15) is 4.39 Å². The molecular weight excluding hydrogens is 233 g/mol. The zero-order chi connectivity index (χ0) is 12.1. The van der Waals surface area contributed by atoms with Gasteiger partial charge in [-0.05, 0) is 42.5 Å². The number of hydrogen-bond donors (Lipinski definition) is 1. The monoisotopic (exact) mass is 249 g/mol. The van der Waals surface area contributed by atoms with Gasteiger partial charge in [-0.1, -0.05) is 18.2 Å². The minimum atomic E-state index is -0.173. The molecule has 1 N–H and O–H groups in total. The van der Waals surface area contributed by atoms with Crippen LogP contribution in [0.3, 0.4) is 0 Å². The van der Waals surface area contributed by atoms with Crippen LogP contribution < -0.4 is 5.32 Å². The predicted octanol–water partition coefficient (Wildman–Crippen LogP) is 3.61. The Kier molecular flexibility index (Phi) is 4.29. The van der Waals surface area contributed by atoms with Gasteiger partial charge in [-0.3, -0.25) is 0 Å². The molecule has 0 fully saturated rings. The Morgan fingerprint density at radius 3 is 2.65 bits per heavy atom. The fraction of sp³-hybridized carbons (Fsp3) is 0.286. The van der Waals surface area contributed by atoms with Gasteiger partial charge in [0.1, 0.15) is 5.82 Å². The molecule has 1 heterocycles. The Morgan fingerprint density at radius 2 is 2.00 bits per heavy atom. The van der Waals surface area contributed by atoms with Gasteiger partial charge in [0.05, 0.1) is 0 Å². The van der Waals surface area contributed by atoms with Crippen LogP contribution in [0.4, 0.5) is 4.39 Å². The molecule has 0 aliphatic carbocycles. The quantitative estimate of drug-likeness (QED) is 0.853. The van der Waals surface area contributed by atoms with Crippen molar-refractivity contribution in [3.8, 4) is 0 Å². The Balaban J connectivity index is 1.80.